The number of nitrogens with one attached hydrogen (secondary N) is 1. The summed E-state index contributed by atoms with van der Waals surface area (Å²) in [6, 6.07) is 11.9. The molecule has 32 heavy (non-hydrogen) atoms. The van der Waals surface area contributed by atoms with Crippen molar-refractivity contribution >= 4 is 11.7 Å². The minimum absolute atomic E-state index is 0.0690. The van der Waals surface area contributed by atoms with Crippen LogP contribution in [0.4, 0.5) is 5.82 Å². The van der Waals surface area contributed by atoms with Gasteiger partial charge < -0.3 is 9.64 Å². The predicted molar refractivity (Wildman–Crippen MR) is 123 cm³/mol. The van der Waals surface area contributed by atoms with Crippen molar-refractivity contribution in [1.29, 1.82) is 5.26 Å². The number of hydrogen-bond acceptors (Lipinski definition) is 4. The van der Waals surface area contributed by atoms with Gasteiger partial charge in [0.05, 0.1) is 25.3 Å². The highest BCUT2D eigenvalue weighted by molar-refractivity contribution is 5.94. The average molecular weight is 434 g/mol. The Morgan fingerprint density at radius 2 is 1.84 bits per heavy atom. The van der Waals surface area contributed by atoms with Gasteiger partial charge >= 0.3 is 0 Å². The number of piperazine rings is 1. The summed E-state index contributed by atoms with van der Waals surface area (Å²) in [7, 11) is 0. The Hall–Kier alpha value is -2.91. The first-order valence-corrected chi connectivity index (χ1v) is 11.5. The number of benzene rings is 1. The molecule has 2 aromatic rings. The molecule has 6 nitrogen and oxygen atoms in total. The Morgan fingerprint density at radius 1 is 1.16 bits per heavy atom. The molecule has 168 valence electrons. The number of nitriles is 1. The summed E-state index contributed by atoms with van der Waals surface area (Å²) in [5.41, 5.74) is 4.61. The van der Waals surface area contributed by atoms with Gasteiger partial charge in [0.25, 0.3) is 11.7 Å². The summed E-state index contributed by atoms with van der Waals surface area (Å²) in [4.78, 5) is 20.6. The smallest absolute Gasteiger partial charge is 0.293 e. The first-order chi connectivity index (χ1) is 15.3. The van der Waals surface area contributed by atoms with Crippen LogP contribution < -0.4 is 9.88 Å². The number of carbonyl (C=O) groups is 1. The van der Waals surface area contributed by atoms with Gasteiger partial charge in [-0.2, -0.15) is 5.26 Å². The van der Waals surface area contributed by atoms with Crippen molar-refractivity contribution in [1.82, 2.24) is 4.90 Å². The van der Waals surface area contributed by atoms with Crippen molar-refractivity contribution in [2.75, 3.05) is 31.1 Å². The summed E-state index contributed by atoms with van der Waals surface area (Å²) < 4.78 is 6.09. The van der Waals surface area contributed by atoms with E-state index >= 15 is 0 Å². The van der Waals surface area contributed by atoms with Crippen LogP contribution in [0, 0.1) is 17.2 Å². The molecule has 1 aromatic carbocycles. The Bertz CT molecular complexity index is 1030. The van der Waals surface area contributed by atoms with Gasteiger partial charge in [0.2, 0.25) is 0 Å². The van der Waals surface area contributed by atoms with Crippen molar-refractivity contribution in [3.63, 3.8) is 0 Å². The number of fused-ring (bicyclic) bond motifs is 1. The van der Waals surface area contributed by atoms with Crippen LogP contribution in [0.2, 0.25) is 0 Å². The van der Waals surface area contributed by atoms with Crippen LogP contribution in [0.1, 0.15) is 60.4 Å². The van der Waals surface area contributed by atoms with E-state index in [1.807, 2.05) is 35.2 Å². The monoisotopic (exact) mass is 433 g/mol. The number of amides is 1. The molecular formula is C26H33N4O2+. The lowest BCUT2D eigenvalue weighted by Crippen LogP contribution is -2.51. The first-order valence-electron chi connectivity index (χ1n) is 11.5. The van der Waals surface area contributed by atoms with Gasteiger partial charge in [0.1, 0.15) is 30.4 Å². The number of anilines is 1. The van der Waals surface area contributed by atoms with Gasteiger partial charge in [-0.3, -0.25) is 9.69 Å². The average Bonchev–Trinajstić information content (AvgIpc) is 2.78. The topological polar surface area (TPSA) is 70.7 Å². The van der Waals surface area contributed by atoms with Gasteiger partial charge in [-0.05, 0) is 37.5 Å². The Balaban J connectivity index is 1.62. The molecule has 0 saturated carbocycles. The van der Waals surface area contributed by atoms with Crippen LogP contribution in [0.25, 0.3) is 0 Å². The van der Waals surface area contributed by atoms with E-state index in [4.69, 9.17) is 4.74 Å². The lowest BCUT2D eigenvalue weighted by Gasteiger charge is -2.35. The molecular weight excluding hydrogens is 400 g/mol. The third-order valence-electron chi connectivity index (χ3n) is 6.37. The van der Waals surface area contributed by atoms with Crippen LogP contribution in [0.5, 0.6) is 0 Å². The third kappa shape index (κ3) is 4.49. The molecule has 0 bridgehead atoms. The molecule has 2 aliphatic rings. The Labute approximate surface area is 190 Å². The highest BCUT2D eigenvalue weighted by Crippen LogP contribution is 2.34. The fraction of sp³-hybridized carbons (Fsp3) is 0.500. The first kappa shape index (κ1) is 22.3. The van der Waals surface area contributed by atoms with Gasteiger partial charge in [-0.1, -0.05) is 32.0 Å². The number of ether oxygens (including phenoxy) is 1. The molecule has 1 N–H and O–H groups in total. The van der Waals surface area contributed by atoms with Crippen LogP contribution >= 0.6 is 0 Å². The fourth-order valence-electron chi connectivity index (χ4n) is 4.71. The minimum Gasteiger partial charge on any atom is -0.370 e. The van der Waals surface area contributed by atoms with Crippen LogP contribution in [-0.2, 0) is 24.2 Å². The summed E-state index contributed by atoms with van der Waals surface area (Å²) in [5.74, 6) is 1.46. The van der Waals surface area contributed by atoms with Gasteiger partial charge in [-0.15, -0.1) is 0 Å². The molecule has 0 aliphatic carbocycles. The molecule has 1 fully saturated rings. The number of aromatic amines is 1. The Morgan fingerprint density at radius 3 is 2.47 bits per heavy atom. The molecule has 1 amide bonds. The van der Waals surface area contributed by atoms with E-state index in [0.717, 1.165) is 40.9 Å². The van der Waals surface area contributed by atoms with Gasteiger partial charge in [0, 0.05) is 24.0 Å². The summed E-state index contributed by atoms with van der Waals surface area (Å²) in [6.45, 7) is 11.8. The normalized spacial score (nSPS) is 17.8. The standard InChI is InChI=1S/C26H32N4O2/c1-18(2)14-23-22-17-32-26(3,4)15-20(22)21(16-27)24(28-23)29-10-12-30(13-11-29)25(31)19-8-6-5-7-9-19/h5-9,18H,10-15,17H2,1-4H3/p+1. The maximum absolute atomic E-state index is 12.8. The fourth-order valence-corrected chi connectivity index (χ4v) is 4.71. The summed E-state index contributed by atoms with van der Waals surface area (Å²) in [5, 5.41) is 10.1. The van der Waals surface area contributed by atoms with Crippen LogP contribution in [-0.4, -0.2) is 42.6 Å². The largest absolute Gasteiger partial charge is 0.370 e. The molecule has 1 aromatic heterocycles. The van der Waals surface area contributed by atoms with Crippen LogP contribution in [0.3, 0.4) is 0 Å². The molecule has 1 saturated heterocycles. The van der Waals surface area contributed by atoms with E-state index in [9.17, 15) is 10.1 Å². The number of rotatable bonds is 4. The van der Waals surface area contributed by atoms with Crippen molar-refractivity contribution in [3.05, 3.63) is 58.3 Å². The number of aromatic nitrogens is 1. The highest BCUT2D eigenvalue weighted by Gasteiger charge is 2.37. The quantitative estimate of drug-likeness (QED) is 0.741. The van der Waals surface area contributed by atoms with E-state index in [1.54, 1.807) is 0 Å². The second-order valence-electron chi connectivity index (χ2n) is 9.86. The zero-order valence-electron chi connectivity index (χ0n) is 19.6. The van der Waals surface area contributed by atoms with E-state index in [1.165, 1.54) is 5.69 Å². The van der Waals surface area contributed by atoms with Crippen molar-refractivity contribution in [2.24, 2.45) is 5.92 Å². The molecule has 0 radical (unpaired) electrons. The third-order valence-corrected chi connectivity index (χ3v) is 6.37. The summed E-state index contributed by atoms with van der Waals surface area (Å²) >= 11 is 0. The van der Waals surface area contributed by atoms with Crippen molar-refractivity contribution in [2.45, 2.75) is 52.7 Å². The minimum atomic E-state index is -0.285. The summed E-state index contributed by atoms with van der Waals surface area (Å²) in [6.07, 6.45) is 1.64. The molecule has 2 aliphatic heterocycles. The lowest BCUT2D eigenvalue weighted by molar-refractivity contribution is -0.379. The van der Waals surface area contributed by atoms with Crippen LogP contribution in [0.15, 0.2) is 30.3 Å². The molecule has 0 unspecified atom stereocenters. The highest BCUT2D eigenvalue weighted by atomic mass is 16.5. The molecule has 0 spiro atoms. The van der Waals surface area contributed by atoms with Crippen molar-refractivity contribution in [3.8, 4) is 6.07 Å². The van der Waals surface area contributed by atoms with E-state index in [-0.39, 0.29) is 11.5 Å². The van der Waals surface area contributed by atoms with Crippen molar-refractivity contribution < 1.29 is 14.5 Å². The zero-order chi connectivity index (χ0) is 22.9. The van der Waals surface area contributed by atoms with E-state index < -0.39 is 0 Å². The molecule has 6 heteroatoms. The number of pyridine rings is 1. The molecule has 4 rings (SSSR count). The number of carbonyl (C=O) groups excluding carboxylic acids is 1. The lowest BCUT2D eigenvalue weighted by atomic mass is 9.86. The second-order valence-corrected chi connectivity index (χ2v) is 9.86. The predicted octanol–water partition coefficient (Wildman–Crippen LogP) is 3.38. The molecule has 3 heterocycles. The molecule has 0 atom stereocenters. The zero-order valence-corrected chi connectivity index (χ0v) is 19.6. The maximum Gasteiger partial charge on any atom is 0.293 e. The SMILES string of the molecule is CC(C)Cc1[nH+]c(N2CCN(C(=O)c3ccccc3)CC2)c(C#N)c2c1COC(C)(C)C2. The van der Waals surface area contributed by atoms with E-state index in [0.29, 0.717) is 38.7 Å². The number of nitrogens with zero attached hydrogens (tertiary/aromatic N) is 3. The maximum atomic E-state index is 12.8. The van der Waals surface area contributed by atoms with E-state index in [2.05, 4.69) is 43.6 Å². The second kappa shape index (κ2) is 8.91. The number of hydrogen-bond donors (Lipinski definition) is 0. The Kier molecular flexibility index (Phi) is 6.21. The van der Waals surface area contributed by atoms with Gasteiger partial charge in [-0.25, -0.2) is 4.98 Å². The number of H-pyrrole nitrogens is 1. The van der Waals surface area contributed by atoms with Gasteiger partial charge in [0.15, 0.2) is 0 Å².